The van der Waals surface area contributed by atoms with E-state index in [4.69, 9.17) is 0 Å². The van der Waals surface area contributed by atoms with E-state index in [1.54, 1.807) is 17.2 Å². The van der Waals surface area contributed by atoms with Crippen LogP contribution in [0.3, 0.4) is 0 Å². The van der Waals surface area contributed by atoms with Gasteiger partial charge >= 0.3 is 12.0 Å². The Kier molecular flexibility index (Phi) is 8.74. The SMILES string of the molecule is COC(=O)/C=C/c1cccc(N(Cc2ccc(/C=C/c3ccccn3)cc2)C(=O)NC(C)C)c1. The van der Waals surface area contributed by atoms with Gasteiger partial charge in [-0.1, -0.05) is 48.5 Å². The number of pyridine rings is 1. The molecule has 3 rings (SSSR count). The first kappa shape index (κ1) is 24.5. The molecule has 0 spiro atoms. The van der Waals surface area contributed by atoms with Gasteiger partial charge in [0.1, 0.15) is 0 Å². The van der Waals surface area contributed by atoms with Gasteiger partial charge in [-0.25, -0.2) is 9.59 Å². The quantitative estimate of drug-likeness (QED) is 0.356. The highest BCUT2D eigenvalue weighted by Crippen LogP contribution is 2.21. The van der Waals surface area contributed by atoms with Crippen LogP contribution in [0, 0.1) is 0 Å². The zero-order valence-corrected chi connectivity index (χ0v) is 19.6. The summed E-state index contributed by atoms with van der Waals surface area (Å²) in [6, 6.07) is 21.1. The number of ether oxygens (including phenoxy) is 1. The first-order valence-electron chi connectivity index (χ1n) is 11.1. The molecule has 0 bridgehead atoms. The molecule has 0 saturated heterocycles. The van der Waals surface area contributed by atoms with Crippen LogP contribution >= 0.6 is 0 Å². The first-order valence-corrected chi connectivity index (χ1v) is 11.1. The summed E-state index contributed by atoms with van der Waals surface area (Å²) in [5.41, 5.74) is 4.45. The van der Waals surface area contributed by atoms with Crippen LogP contribution in [0.1, 0.15) is 36.2 Å². The number of amides is 2. The van der Waals surface area contributed by atoms with E-state index in [1.165, 1.54) is 13.2 Å². The molecule has 3 aromatic rings. The molecule has 1 heterocycles. The largest absolute Gasteiger partial charge is 0.466 e. The molecule has 0 aliphatic carbocycles. The lowest BCUT2D eigenvalue weighted by molar-refractivity contribution is -0.134. The van der Waals surface area contributed by atoms with E-state index in [2.05, 4.69) is 15.0 Å². The average molecular weight is 456 g/mol. The molecule has 2 aromatic carbocycles. The molecule has 1 aromatic heterocycles. The number of nitrogens with zero attached hydrogens (tertiary/aromatic N) is 2. The molecule has 0 fully saturated rings. The van der Waals surface area contributed by atoms with Gasteiger partial charge in [0.15, 0.2) is 0 Å². The molecule has 6 nitrogen and oxygen atoms in total. The van der Waals surface area contributed by atoms with Gasteiger partial charge in [-0.15, -0.1) is 0 Å². The minimum atomic E-state index is -0.433. The standard InChI is InChI=1S/C28H29N3O3/c1-21(2)30-28(33)31(26-9-6-7-23(19-26)15-17-27(32)34-3)20-24-12-10-22(11-13-24)14-16-25-8-4-5-18-29-25/h4-19,21H,20H2,1-3H3,(H,30,33)/b16-14+,17-15+. The predicted octanol–water partition coefficient (Wildman–Crippen LogP) is 5.56. The van der Waals surface area contributed by atoms with E-state index in [1.807, 2.05) is 92.7 Å². The van der Waals surface area contributed by atoms with Gasteiger partial charge in [0.05, 0.1) is 19.3 Å². The highest BCUT2D eigenvalue weighted by atomic mass is 16.5. The number of carbonyl (C=O) groups excluding carboxylic acids is 2. The number of hydrogen-bond acceptors (Lipinski definition) is 4. The Balaban J connectivity index is 1.80. The van der Waals surface area contributed by atoms with Gasteiger partial charge in [0, 0.05) is 24.0 Å². The van der Waals surface area contributed by atoms with Gasteiger partial charge in [0.25, 0.3) is 0 Å². The third kappa shape index (κ3) is 7.45. The zero-order valence-electron chi connectivity index (χ0n) is 19.6. The smallest absolute Gasteiger partial charge is 0.330 e. The molecule has 6 heteroatoms. The second-order valence-electron chi connectivity index (χ2n) is 7.97. The van der Waals surface area contributed by atoms with Crippen LogP contribution in [0.2, 0.25) is 0 Å². The third-order valence-electron chi connectivity index (χ3n) is 4.91. The van der Waals surface area contributed by atoms with E-state index in [-0.39, 0.29) is 12.1 Å². The number of methoxy groups -OCH3 is 1. The molecule has 0 radical (unpaired) electrons. The number of aromatic nitrogens is 1. The summed E-state index contributed by atoms with van der Waals surface area (Å²) in [6.45, 7) is 4.25. The summed E-state index contributed by atoms with van der Waals surface area (Å²) < 4.78 is 4.65. The van der Waals surface area contributed by atoms with Crippen LogP contribution in [-0.2, 0) is 16.1 Å². The maximum atomic E-state index is 13.0. The lowest BCUT2D eigenvalue weighted by Gasteiger charge is -2.25. The molecule has 0 aliphatic heterocycles. The highest BCUT2D eigenvalue weighted by molar-refractivity contribution is 5.93. The molecule has 0 saturated carbocycles. The fraction of sp³-hybridized carbons (Fsp3) is 0.179. The molecule has 0 atom stereocenters. The van der Waals surface area contributed by atoms with Crippen molar-refractivity contribution in [1.82, 2.24) is 10.3 Å². The van der Waals surface area contributed by atoms with E-state index < -0.39 is 5.97 Å². The van der Waals surface area contributed by atoms with E-state index in [0.717, 1.165) is 28.1 Å². The van der Waals surface area contributed by atoms with Crippen molar-refractivity contribution in [2.24, 2.45) is 0 Å². The van der Waals surface area contributed by atoms with Crippen molar-refractivity contribution in [2.45, 2.75) is 26.4 Å². The maximum Gasteiger partial charge on any atom is 0.330 e. The topological polar surface area (TPSA) is 71.5 Å². The number of carbonyl (C=O) groups is 2. The second-order valence-corrected chi connectivity index (χ2v) is 7.97. The van der Waals surface area contributed by atoms with Crippen LogP contribution in [0.5, 0.6) is 0 Å². The first-order chi connectivity index (χ1) is 16.4. The Morgan fingerprint density at radius 1 is 0.971 bits per heavy atom. The van der Waals surface area contributed by atoms with Gasteiger partial charge in [-0.05, 0) is 67.0 Å². The second kappa shape index (κ2) is 12.2. The molecule has 0 aliphatic rings. The van der Waals surface area contributed by atoms with Crippen molar-refractivity contribution in [3.63, 3.8) is 0 Å². The van der Waals surface area contributed by atoms with Crippen LogP contribution in [-0.4, -0.2) is 30.1 Å². The number of benzene rings is 2. The monoisotopic (exact) mass is 455 g/mol. The third-order valence-corrected chi connectivity index (χ3v) is 4.91. The highest BCUT2D eigenvalue weighted by Gasteiger charge is 2.17. The van der Waals surface area contributed by atoms with Crippen LogP contribution in [0.25, 0.3) is 18.2 Å². The van der Waals surface area contributed by atoms with Gasteiger partial charge in [0.2, 0.25) is 0 Å². The Hall–Kier alpha value is -4.19. The lowest BCUT2D eigenvalue weighted by atomic mass is 10.1. The van der Waals surface area contributed by atoms with Crippen LogP contribution < -0.4 is 10.2 Å². The molecular weight excluding hydrogens is 426 g/mol. The van der Waals surface area contributed by atoms with Crippen molar-refractivity contribution < 1.29 is 14.3 Å². The van der Waals surface area contributed by atoms with Crippen molar-refractivity contribution in [2.75, 3.05) is 12.0 Å². The summed E-state index contributed by atoms with van der Waals surface area (Å²) in [5.74, 6) is -0.433. The van der Waals surface area contributed by atoms with Gasteiger partial charge in [-0.2, -0.15) is 0 Å². The normalized spacial score (nSPS) is 11.2. The average Bonchev–Trinajstić information content (AvgIpc) is 2.85. The number of rotatable bonds is 8. The minimum absolute atomic E-state index is 0.00323. The molecule has 2 amide bonds. The Labute approximate surface area is 200 Å². The predicted molar refractivity (Wildman–Crippen MR) is 137 cm³/mol. The fourth-order valence-corrected chi connectivity index (χ4v) is 3.21. The van der Waals surface area contributed by atoms with Crippen LogP contribution in [0.4, 0.5) is 10.5 Å². The summed E-state index contributed by atoms with van der Waals surface area (Å²) in [4.78, 5) is 30.4. The number of urea groups is 1. The van der Waals surface area contributed by atoms with Crippen molar-refractivity contribution in [3.05, 3.63) is 101 Å². The van der Waals surface area contributed by atoms with Crippen molar-refractivity contribution in [3.8, 4) is 0 Å². The molecule has 174 valence electrons. The van der Waals surface area contributed by atoms with Crippen molar-refractivity contribution in [1.29, 1.82) is 0 Å². The minimum Gasteiger partial charge on any atom is -0.466 e. The molecule has 0 unspecified atom stereocenters. The molecule has 1 N–H and O–H groups in total. The fourth-order valence-electron chi connectivity index (χ4n) is 3.21. The summed E-state index contributed by atoms with van der Waals surface area (Å²) >= 11 is 0. The van der Waals surface area contributed by atoms with E-state index in [0.29, 0.717) is 6.54 Å². The maximum absolute atomic E-state index is 13.0. The molecule has 34 heavy (non-hydrogen) atoms. The Morgan fingerprint density at radius 2 is 1.76 bits per heavy atom. The lowest BCUT2D eigenvalue weighted by Crippen LogP contribution is -2.42. The van der Waals surface area contributed by atoms with Crippen molar-refractivity contribution >= 4 is 35.9 Å². The van der Waals surface area contributed by atoms with Gasteiger partial charge in [-0.3, -0.25) is 9.88 Å². The Bertz CT molecular complexity index is 1150. The summed E-state index contributed by atoms with van der Waals surface area (Å²) in [7, 11) is 1.33. The summed E-state index contributed by atoms with van der Waals surface area (Å²) in [5, 5.41) is 2.97. The number of esters is 1. The number of hydrogen-bond donors (Lipinski definition) is 1. The zero-order chi connectivity index (χ0) is 24.3. The summed E-state index contributed by atoms with van der Waals surface area (Å²) in [6.07, 6.45) is 8.75. The number of anilines is 1. The molecular formula is C28H29N3O3. The van der Waals surface area contributed by atoms with Crippen LogP contribution in [0.15, 0.2) is 79.0 Å². The van der Waals surface area contributed by atoms with E-state index >= 15 is 0 Å². The Morgan fingerprint density at radius 3 is 2.44 bits per heavy atom. The number of nitrogens with one attached hydrogen (secondary N) is 1. The van der Waals surface area contributed by atoms with Gasteiger partial charge < -0.3 is 10.1 Å². The van der Waals surface area contributed by atoms with E-state index in [9.17, 15) is 9.59 Å².